The van der Waals surface area contributed by atoms with Crippen molar-refractivity contribution < 1.29 is 0 Å². The fourth-order valence-corrected chi connectivity index (χ4v) is 0.594. The molecule has 0 heterocycles. The summed E-state index contributed by atoms with van der Waals surface area (Å²) in [5.41, 5.74) is 0.896. The molecule has 1 rings (SSSR count). The SMILES string of the molecule is C=C=Nc1ccccc1. The highest BCUT2D eigenvalue weighted by Crippen LogP contribution is 2.07. The molecule has 1 nitrogen and oxygen atoms in total. The molecule has 0 N–H and O–H groups in total. The Kier molecular flexibility index (Phi) is 1.84. The first-order valence-corrected chi connectivity index (χ1v) is 2.71. The summed E-state index contributed by atoms with van der Waals surface area (Å²) in [5.74, 6) is 2.46. The van der Waals surface area contributed by atoms with Gasteiger partial charge in [-0.25, -0.2) is 4.99 Å². The second-order valence-electron chi connectivity index (χ2n) is 1.61. The van der Waals surface area contributed by atoms with Crippen molar-refractivity contribution >= 4 is 11.6 Å². The maximum Gasteiger partial charge on any atom is 0.0729 e. The molecule has 0 bridgehead atoms. The van der Waals surface area contributed by atoms with Gasteiger partial charge in [-0.2, -0.15) is 0 Å². The van der Waals surface area contributed by atoms with Crippen molar-refractivity contribution in [3.63, 3.8) is 0 Å². The normalized spacial score (nSPS) is 8.00. The molecular formula is C8H7N. The first kappa shape index (κ1) is 5.80. The smallest absolute Gasteiger partial charge is 0.0729 e. The predicted molar refractivity (Wildman–Crippen MR) is 39.2 cm³/mol. The van der Waals surface area contributed by atoms with Gasteiger partial charge in [0.15, 0.2) is 0 Å². The van der Waals surface area contributed by atoms with Gasteiger partial charge in [0.1, 0.15) is 0 Å². The third-order valence-electron chi connectivity index (χ3n) is 0.964. The highest BCUT2D eigenvalue weighted by molar-refractivity contribution is 5.55. The minimum Gasteiger partial charge on any atom is -0.207 e. The van der Waals surface area contributed by atoms with Crippen LogP contribution in [0.1, 0.15) is 0 Å². The molecule has 1 aromatic rings. The minimum atomic E-state index is 0.896. The van der Waals surface area contributed by atoms with Crippen molar-refractivity contribution in [1.29, 1.82) is 0 Å². The topological polar surface area (TPSA) is 12.4 Å². The molecule has 1 heteroatoms. The molecule has 0 amide bonds. The number of nitrogens with zero attached hydrogens (tertiary/aromatic N) is 1. The summed E-state index contributed by atoms with van der Waals surface area (Å²) in [7, 11) is 0. The van der Waals surface area contributed by atoms with Gasteiger partial charge in [0.25, 0.3) is 0 Å². The molecule has 0 saturated carbocycles. The average Bonchev–Trinajstić information content (AvgIpc) is 1.91. The first-order chi connectivity index (χ1) is 4.43. The van der Waals surface area contributed by atoms with E-state index in [4.69, 9.17) is 0 Å². The lowest BCUT2D eigenvalue weighted by Crippen LogP contribution is -1.58. The van der Waals surface area contributed by atoms with Gasteiger partial charge < -0.3 is 0 Å². The van der Waals surface area contributed by atoms with E-state index in [1.54, 1.807) is 0 Å². The van der Waals surface area contributed by atoms with Crippen molar-refractivity contribution in [1.82, 2.24) is 0 Å². The van der Waals surface area contributed by atoms with Gasteiger partial charge in [0.05, 0.1) is 5.69 Å². The van der Waals surface area contributed by atoms with Crippen LogP contribution >= 0.6 is 0 Å². The Labute approximate surface area is 54.4 Å². The van der Waals surface area contributed by atoms with E-state index in [1.165, 1.54) is 0 Å². The Hall–Kier alpha value is -1.33. The van der Waals surface area contributed by atoms with Crippen molar-refractivity contribution in [2.24, 2.45) is 4.99 Å². The third-order valence-corrected chi connectivity index (χ3v) is 0.964. The first-order valence-electron chi connectivity index (χ1n) is 2.71. The van der Waals surface area contributed by atoms with Gasteiger partial charge in [0.2, 0.25) is 0 Å². The van der Waals surface area contributed by atoms with E-state index in [0.29, 0.717) is 0 Å². The number of hydrogen-bond acceptors (Lipinski definition) is 1. The summed E-state index contributed by atoms with van der Waals surface area (Å²) in [4.78, 5) is 3.85. The number of para-hydroxylation sites is 1. The van der Waals surface area contributed by atoms with Crippen LogP contribution in [0.3, 0.4) is 0 Å². The van der Waals surface area contributed by atoms with Gasteiger partial charge in [-0.05, 0) is 24.6 Å². The van der Waals surface area contributed by atoms with Gasteiger partial charge >= 0.3 is 0 Å². The molecule has 9 heavy (non-hydrogen) atoms. The van der Waals surface area contributed by atoms with Crippen LogP contribution in [-0.4, -0.2) is 5.87 Å². The monoisotopic (exact) mass is 117 g/mol. The van der Waals surface area contributed by atoms with Crippen LogP contribution in [-0.2, 0) is 0 Å². The number of rotatable bonds is 1. The van der Waals surface area contributed by atoms with E-state index in [-0.39, 0.29) is 0 Å². The van der Waals surface area contributed by atoms with Crippen molar-refractivity contribution in [3.8, 4) is 0 Å². The van der Waals surface area contributed by atoms with Crippen LogP contribution in [0.25, 0.3) is 0 Å². The molecule has 0 aliphatic carbocycles. The number of hydrogen-bond donors (Lipinski definition) is 0. The number of benzene rings is 1. The van der Waals surface area contributed by atoms with Crippen molar-refractivity contribution in [3.05, 3.63) is 36.9 Å². The lowest BCUT2D eigenvalue weighted by molar-refractivity contribution is 1.55. The zero-order valence-corrected chi connectivity index (χ0v) is 5.04. The van der Waals surface area contributed by atoms with E-state index in [1.807, 2.05) is 30.3 Å². The Bertz CT molecular complexity index is 220. The molecule has 0 aliphatic heterocycles. The van der Waals surface area contributed by atoms with Crippen molar-refractivity contribution in [2.75, 3.05) is 0 Å². The average molecular weight is 117 g/mol. The molecule has 0 unspecified atom stereocenters. The van der Waals surface area contributed by atoms with Gasteiger partial charge in [-0.3, -0.25) is 0 Å². The van der Waals surface area contributed by atoms with Crippen LogP contribution < -0.4 is 0 Å². The molecule has 0 saturated heterocycles. The Morgan fingerprint density at radius 3 is 2.44 bits per heavy atom. The molecule has 0 aromatic heterocycles. The second kappa shape index (κ2) is 2.85. The van der Waals surface area contributed by atoms with E-state index in [9.17, 15) is 0 Å². The summed E-state index contributed by atoms with van der Waals surface area (Å²) in [6.07, 6.45) is 0. The van der Waals surface area contributed by atoms with Crippen LogP contribution in [0.4, 0.5) is 5.69 Å². The summed E-state index contributed by atoms with van der Waals surface area (Å²) in [5, 5.41) is 0. The van der Waals surface area contributed by atoms with E-state index in [2.05, 4.69) is 17.4 Å². The molecular weight excluding hydrogens is 110 g/mol. The quantitative estimate of drug-likeness (QED) is 0.500. The van der Waals surface area contributed by atoms with Crippen LogP contribution in [0, 0.1) is 0 Å². The molecule has 1 aromatic carbocycles. The zero-order valence-electron chi connectivity index (χ0n) is 5.04. The fourth-order valence-electron chi connectivity index (χ4n) is 0.594. The van der Waals surface area contributed by atoms with E-state index >= 15 is 0 Å². The van der Waals surface area contributed by atoms with Crippen molar-refractivity contribution in [2.45, 2.75) is 0 Å². The summed E-state index contributed by atoms with van der Waals surface area (Å²) in [6, 6.07) is 9.60. The maximum atomic E-state index is 3.85. The van der Waals surface area contributed by atoms with Crippen LogP contribution in [0.15, 0.2) is 41.9 Å². The lowest BCUT2D eigenvalue weighted by Gasteiger charge is -1.84. The Balaban J connectivity index is 2.97. The highest BCUT2D eigenvalue weighted by Gasteiger charge is 1.78. The Morgan fingerprint density at radius 1 is 1.22 bits per heavy atom. The zero-order chi connectivity index (χ0) is 6.53. The second-order valence-corrected chi connectivity index (χ2v) is 1.61. The van der Waals surface area contributed by atoms with Gasteiger partial charge in [0, 0.05) is 0 Å². The summed E-state index contributed by atoms with van der Waals surface area (Å²) < 4.78 is 0. The van der Waals surface area contributed by atoms with E-state index in [0.717, 1.165) is 5.69 Å². The molecule has 0 fully saturated rings. The summed E-state index contributed by atoms with van der Waals surface area (Å²) >= 11 is 0. The predicted octanol–water partition coefficient (Wildman–Crippen LogP) is 2.17. The fraction of sp³-hybridized carbons (Fsp3) is 0. The third kappa shape index (κ3) is 1.56. The molecule has 44 valence electrons. The van der Waals surface area contributed by atoms with E-state index < -0.39 is 0 Å². The largest absolute Gasteiger partial charge is 0.207 e. The molecule has 0 atom stereocenters. The minimum absolute atomic E-state index is 0.896. The number of aliphatic imine (C=N–C) groups is 1. The Morgan fingerprint density at radius 2 is 1.89 bits per heavy atom. The molecule has 0 radical (unpaired) electrons. The highest BCUT2D eigenvalue weighted by atomic mass is 14.7. The standard InChI is InChI=1S/C8H7N/c1-2-9-8-6-4-3-5-7-8/h3-7H,1H2. The van der Waals surface area contributed by atoms with Crippen LogP contribution in [0.5, 0.6) is 0 Å². The maximum absolute atomic E-state index is 3.85. The van der Waals surface area contributed by atoms with Gasteiger partial charge in [-0.1, -0.05) is 18.2 Å². The lowest BCUT2D eigenvalue weighted by atomic mass is 10.3. The summed E-state index contributed by atoms with van der Waals surface area (Å²) in [6.45, 7) is 3.36. The molecule has 0 aliphatic rings. The van der Waals surface area contributed by atoms with Crippen LogP contribution in [0.2, 0.25) is 0 Å². The van der Waals surface area contributed by atoms with Gasteiger partial charge in [-0.15, -0.1) is 0 Å². The molecule has 0 spiro atoms.